The average Bonchev–Trinajstić information content (AvgIpc) is 2.15. The standard InChI is InChI=1S/C11H12O5S/c1-7(2)11(12)16-9-4-5-10(8(3)6-9)17(13,14)15/h4-6H,1H2,2-3H3,(H,13,14,15). The van der Waals surface area contributed by atoms with Crippen molar-refractivity contribution in [1.29, 1.82) is 0 Å². The second-order valence-corrected chi connectivity index (χ2v) is 4.96. The Balaban J connectivity index is 3.06. The molecule has 0 atom stereocenters. The van der Waals surface area contributed by atoms with Gasteiger partial charge in [0.1, 0.15) is 5.75 Å². The third-order valence-corrected chi connectivity index (χ3v) is 3.00. The van der Waals surface area contributed by atoms with Crippen LogP contribution in [0.3, 0.4) is 0 Å². The first-order valence-electron chi connectivity index (χ1n) is 4.67. The molecule has 17 heavy (non-hydrogen) atoms. The predicted octanol–water partition coefficient (Wildman–Crippen LogP) is 1.72. The van der Waals surface area contributed by atoms with Crippen LogP contribution in [-0.4, -0.2) is 18.9 Å². The van der Waals surface area contributed by atoms with Crippen LogP contribution in [0.5, 0.6) is 5.75 Å². The number of aryl methyl sites for hydroxylation is 1. The van der Waals surface area contributed by atoms with E-state index in [0.717, 1.165) is 0 Å². The van der Waals surface area contributed by atoms with E-state index in [1.54, 1.807) is 0 Å². The molecular formula is C11H12O5S. The van der Waals surface area contributed by atoms with Gasteiger partial charge in [0.25, 0.3) is 10.1 Å². The van der Waals surface area contributed by atoms with E-state index in [1.807, 2.05) is 0 Å². The molecule has 0 aromatic heterocycles. The number of carbonyl (C=O) groups is 1. The molecule has 0 heterocycles. The molecule has 0 saturated carbocycles. The Bertz CT molecular complexity index is 572. The fourth-order valence-corrected chi connectivity index (χ4v) is 1.87. The zero-order chi connectivity index (χ0) is 13.2. The van der Waals surface area contributed by atoms with E-state index in [9.17, 15) is 13.2 Å². The molecule has 0 unspecified atom stereocenters. The van der Waals surface area contributed by atoms with Crippen molar-refractivity contribution in [3.8, 4) is 5.75 Å². The Labute approximate surface area is 99.5 Å². The van der Waals surface area contributed by atoms with Crippen LogP contribution < -0.4 is 4.74 Å². The highest BCUT2D eigenvalue weighted by Crippen LogP contribution is 2.21. The van der Waals surface area contributed by atoms with Gasteiger partial charge in [-0.25, -0.2) is 4.79 Å². The minimum atomic E-state index is -4.25. The molecule has 0 aliphatic carbocycles. The zero-order valence-corrected chi connectivity index (χ0v) is 10.2. The summed E-state index contributed by atoms with van der Waals surface area (Å²) in [6, 6.07) is 3.81. The average molecular weight is 256 g/mol. The van der Waals surface area contributed by atoms with Gasteiger partial charge in [0.05, 0.1) is 4.90 Å². The Kier molecular flexibility index (Phi) is 3.69. The van der Waals surface area contributed by atoms with Gasteiger partial charge in [-0.3, -0.25) is 4.55 Å². The molecule has 0 amide bonds. The van der Waals surface area contributed by atoms with Gasteiger partial charge in [0, 0.05) is 5.57 Å². The topological polar surface area (TPSA) is 80.7 Å². The van der Waals surface area contributed by atoms with Crippen molar-refractivity contribution in [2.45, 2.75) is 18.7 Å². The molecule has 92 valence electrons. The van der Waals surface area contributed by atoms with E-state index in [-0.39, 0.29) is 16.2 Å². The van der Waals surface area contributed by atoms with E-state index in [2.05, 4.69) is 6.58 Å². The summed E-state index contributed by atoms with van der Waals surface area (Å²) in [5, 5.41) is 0. The second-order valence-electron chi connectivity index (χ2n) is 3.57. The lowest BCUT2D eigenvalue weighted by Gasteiger charge is -2.07. The quantitative estimate of drug-likeness (QED) is 0.385. The summed E-state index contributed by atoms with van der Waals surface area (Å²) in [6.07, 6.45) is 0. The minimum absolute atomic E-state index is 0.197. The van der Waals surface area contributed by atoms with Crippen LogP contribution in [0.2, 0.25) is 0 Å². The van der Waals surface area contributed by atoms with Crippen molar-refractivity contribution in [1.82, 2.24) is 0 Å². The molecule has 0 bridgehead atoms. The van der Waals surface area contributed by atoms with Gasteiger partial charge < -0.3 is 4.74 Å². The first-order valence-corrected chi connectivity index (χ1v) is 6.11. The van der Waals surface area contributed by atoms with Crippen molar-refractivity contribution >= 4 is 16.1 Å². The van der Waals surface area contributed by atoms with Crippen LogP contribution in [-0.2, 0) is 14.9 Å². The van der Waals surface area contributed by atoms with Crippen LogP contribution in [0, 0.1) is 6.92 Å². The first-order chi connectivity index (χ1) is 7.71. The van der Waals surface area contributed by atoms with E-state index in [0.29, 0.717) is 5.56 Å². The van der Waals surface area contributed by atoms with E-state index in [4.69, 9.17) is 9.29 Å². The van der Waals surface area contributed by atoms with Crippen molar-refractivity contribution in [2.75, 3.05) is 0 Å². The fourth-order valence-electron chi connectivity index (χ4n) is 1.17. The lowest BCUT2D eigenvalue weighted by molar-refractivity contribution is -0.130. The molecule has 5 nitrogen and oxygen atoms in total. The third kappa shape index (κ3) is 3.40. The van der Waals surface area contributed by atoms with Gasteiger partial charge in [-0.2, -0.15) is 8.42 Å². The molecule has 0 fully saturated rings. The smallest absolute Gasteiger partial charge is 0.338 e. The molecule has 0 radical (unpaired) electrons. The zero-order valence-electron chi connectivity index (χ0n) is 9.43. The van der Waals surface area contributed by atoms with E-state index >= 15 is 0 Å². The number of benzene rings is 1. The summed E-state index contributed by atoms with van der Waals surface area (Å²) in [6.45, 7) is 6.41. The number of ether oxygens (including phenoxy) is 1. The van der Waals surface area contributed by atoms with Gasteiger partial charge in [-0.15, -0.1) is 0 Å². The van der Waals surface area contributed by atoms with Gasteiger partial charge in [-0.05, 0) is 37.6 Å². The fraction of sp³-hybridized carbons (Fsp3) is 0.182. The van der Waals surface area contributed by atoms with Crippen LogP contribution in [0.4, 0.5) is 0 Å². The monoisotopic (exact) mass is 256 g/mol. The lowest BCUT2D eigenvalue weighted by atomic mass is 10.2. The van der Waals surface area contributed by atoms with E-state index in [1.165, 1.54) is 32.0 Å². The van der Waals surface area contributed by atoms with Crippen LogP contribution >= 0.6 is 0 Å². The van der Waals surface area contributed by atoms with Crippen molar-refractivity contribution in [3.05, 3.63) is 35.9 Å². The van der Waals surface area contributed by atoms with Gasteiger partial charge in [0.15, 0.2) is 0 Å². The van der Waals surface area contributed by atoms with E-state index < -0.39 is 16.1 Å². The third-order valence-electron chi connectivity index (χ3n) is 1.98. The molecule has 0 spiro atoms. The van der Waals surface area contributed by atoms with Crippen molar-refractivity contribution in [3.63, 3.8) is 0 Å². The minimum Gasteiger partial charge on any atom is -0.423 e. The lowest BCUT2D eigenvalue weighted by Crippen LogP contribution is -2.09. The van der Waals surface area contributed by atoms with Crippen LogP contribution in [0.25, 0.3) is 0 Å². The van der Waals surface area contributed by atoms with Gasteiger partial charge in [-0.1, -0.05) is 6.58 Å². The molecule has 6 heteroatoms. The van der Waals surface area contributed by atoms with Crippen LogP contribution in [0.1, 0.15) is 12.5 Å². The van der Waals surface area contributed by atoms with Crippen LogP contribution in [0.15, 0.2) is 35.2 Å². The highest BCUT2D eigenvalue weighted by Gasteiger charge is 2.14. The first kappa shape index (κ1) is 13.4. The summed E-state index contributed by atoms with van der Waals surface area (Å²) in [5.74, 6) is -0.396. The summed E-state index contributed by atoms with van der Waals surface area (Å²) in [5.41, 5.74) is 0.529. The Hall–Kier alpha value is -1.66. The summed E-state index contributed by atoms with van der Waals surface area (Å²) >= 11 is 0. The van der Waals surface area contributed by atoms with Crippen molar-refractivity contribution < 1.29 is 22.5 Å². The molecule has 1 aromatic carbocycles. The number of hydrogen-bond acceptors (Lipinski definition) is 4. The molecule has 1 aromatic rings. The summed E-state index contributed by atoms with van der Waals surface area (Å²) < 4.78 is 35.6. The highest BCUT2D eigenvalue weighted by atomic mass is 32.2. The second kappa shape index (κ2) is 4.68. The summed E-state index contributed by atoms with van der Waals surface area (Å²) in [4.78, 5) is 11.0. The number of carbonyl (C=O) groups excluding carboxylic acids is 1. The van der Waals surface area contributed by atoms with Gasteiger partial charge >= 0.3 is 5.97 Å². The predicted molar refractivity (Wildman–Crippen MR) is 61.4 cm³/mol. The molecule has 1 rings (SSSR count). The SMILES string of the molecule is C=C(C)C(=O)Oc1ccc(S(=O)(=O)O)c(C)c1. The summed E-state index contributed by atoms with van der Waals surface area (Å²) in [7, 11) is -4.25. The number of rotatable bonds is 3. The van der Waals surface area contributed by atoms with Crippen molar-refractivity contribution in [2.24, 2.45) is 0 Å². The highest BCUT2D eigenvalue weighted by molar-refractivity contribution is 7.85. The Morgan fingerprint density at radius 1 is 1.41 bits per heavy atom. The molecule has 0 aliphatic heterocycles. The Morgan fingerprint density at radius 3 is 2.41 bits per heavy atom. The molecule has 0 saturated heterocycles. The largest absolute Gasteiger partial charge is 0.423 e. The number of hydrogen-bond donors (Lipinski definition) is 1. The molecular weight excluding hydrogens is 244 g/mol. The number of esters is 1. The maximum absolute atomic E-state index is 11.2. The maximum Gasteiger partial charge on any atom is 0.338 e. The normalized spacial score (nSPS) is 11.0. The molecule has 1 N–H and O–H groups in total. The maximum atomic E-state index is 11.2. The van der Waals surface area contributed by atoms with Gasteiger partial charge in [0.2, 0.25) is 0 Å². The molecule has 0 aliphatic rings. The Morgan fingerprint density at radius 2 is 2.00 bits per heavy atom.